The highest BCUT2D eigenvalue weighted by atomic mass is 79.9. The fourth-order valence-corrected chi connectivity index (χ4v) is 2.40. The minimum Gasteiger partial charge on any atom is -0.224 e. The molecule has 74 valence electrons. The first-order valence-electron chi connectivity index (χ1n) is 4.03. The zero-order valence-corrected chi connectivity index (χ0v) is 10.5. The molecule has 0 saturated heterocycles. The fourth-order valence-electron chi connectivity index (χ4n) is 1.09. The highest BCUT2D eigenvalue weighted by molar-refractivity contribution is 9.10. The van der Waals surface area contributed by atoms with Crippen LogP contribution in [0.15, 0.2) is 28.7 Å². The van der Waals surface area contributed by atoms with Gasteiger partial charge in [-0.1, -0.05) is 39.7 Å². The second-order valence-corrected chi connectivity index (χ2v) is 5.28. The van der Waals surface area contributed by atoms with Gasteiger partial charge < -0.3 is 0 Å². The zero-order chi connectivity index (χ0) is 10.8. The molecule has 15 heavy (non-hydrogen) atoms. The van der Waals surface area contributed by atoms with Gasteiger partial charge in [0, 0.05) is 10.0 Å². The largest absolute Gasteiger partial charge is 0.224 e. The average molecular weight is 300 g/mol. The van der Waals surface area contributed by atoms with Gasteiger partial charge in [-0.25, -0.2) is 4.98 Å². The van der Waals surface area contributed by atoms with Crippen LogP contribution in [-0.4, -0.2) is 4.98 Å². The van der Waals surface area contributed by atoms with Gasteiger partial charge in [0.1, 0.15) is 15.4 Å². The topological polar surface area (TPSA) is 36.7 Å². The number of hydrogen-bond acceptors (Lipinski definition) is 3. The van der Waals surface area contributed by atoms with E-state index in [0.717, 1.165) is 15.0 Å². The number of benzene rings is 1. The highest BCUT2D eigenvalue weighted by Crippen LogP contribution is 2.31. The number of thiazole rings is 1. The molecule has 0 aliphatic rings. The first-order chi connectivity index (χ1) is 7.20. The Morgan fingerprint density at radius 1 is 1.33 bits per heavy atom. The number of nitriles is 1. The van der Waals surface area contributed by atoms with E-state index in [1.165, 1.54) is 11.3 Å². The van der Waals surface area contributed by atoms with E-state index in [2.05, 4.69) is 20.9 Å². The normalized spacial score (nSPS) is 9.93. The van der Waals surface area contributed by atoms with Crippen LogP contribution in [0, 0.1) is 11.3 Å². The lowest BCUT2D eigenvalue weighted by molar-refractivity contribution is 1.33. The number of aromatic nitrogens is 1. The Bertz CT molecular complexity index is 527. The van der Waals surface area contributed by atoms with E-state index >= 15 is 0 Å². The maximum absolute atomic E-state index is 8.73. The molecule has 0 fully saturated rings. The van der Waals surface area contributed by atoms with Crippen molar-refractivity contribution in [1.29, 1.82) is 5.26 Å². The molecule has 0 unspecified atom stereocenters. The summed E-state index contributed by atoms with van der Waals surface area (Å²) in [6.45, 7) is 0. The Morgan fingerprint density at radius 2 is 2.00 bits per heavy atom. The van der Waals surface area contributed by atoms with Crippen molar-refractivity contribution in [2.24, 2.45) is 0 Å². The van der Waals surface area contributed by atoms with Crippen LogP contribution in [0.25, 0.3) is 10.6 Å². The van der Waals surface area contributed by atoms with Crippen molar-refractivity contribution in [3.63, 3.8) is 0 Å². The van der Waals surface area contributed by atoms with Gasteiger partial charge in [0.25, 0.3) is 0 Å². The maximum Gasteiger partial charge on any atom is 0.170 e. The SMILES string of the molecule is N#Cc1nc(-c2ccc(Br)cc2)sc1Cl. The van der Waals surface area contributed by atoms with Crippen molar-refractivity contribution in [3.8, 4) is 16.6 Å². The Kier molecular flexibility index (Phi) is 3.06. The van der Waals surface area contributed by atoms with E-state index in [9.17, 15) is 0 Å². The summed E-state index contributed by atoms with van der Waals surface area (Å²) in [7, 11) is 0. The van der Waals surface area contributed by atoms with E-state index in [1.807, 2.05) is 30.3 Å². The van der Waals surface area contributed by atoms with Crippen LogP contribution in [0.2, 0.25) is 4.34 Å². The molecule has 5 heteroatoms. The number of hydrogen-bond donors (Lipinski definition) is 0. The molecular weight excluding hydrogens is 296 g/mol. The lowest BCUT2D eigenvalue weighted by atomic mass is 10.2. The molecule has 0 N–H and O–H groups in total. The van der Waals surface area contributed by atoms with Gasteiger partial charge in [0.2, 0.25) is 0 Å². The van der Waals surface area contributed by atoms with Crippen molar-refractivity contribution in [2.75, 3.05) is 0 Å². The monoisotopic (exact) mass is 298 g/mol. The minimum atomic E-state index is 0.291. The standard InChI is InChI=1S/C10H4BrClN2S/c11-7-3-1-6(2-4-7)10-14-8(5-13)9(12)15-10/h1-4H. The van der Waals surface area contributed by atoms with Gasteiger partial charge in [-0.15, -0.1) is 11.3 Å². The third-order valence-corrected chi connectivity index (χ3v) is 3.61. The van der Waals surface area contributed by atoms with Gasteiger partial charge in [0.05, 0.1) is 0 Å². The molecule has 0 aliphatic heterocycles. The molecule has 2 nitrogen and oxygen atoms in total. The van der Waals surface area contributed by atoms with E-state index < -0.39 is 0 Å². The van der Waals surface area contributed by atoms with Gasteiger partial charge >= 0.3 is 0 Å². The van der Waals surface area contributed by atoms with Crippen molar-refractivity contribution >= 4 is 38.9 Å². The summed E-state index contributed by atoms with van der Waals surface area (Å²) in [5, 5.41) is 9.49. The fraction of sp³-hybridized carbons (Fsp3) is 0. The van der Waals surface area contributed by atoms with Crippen LogP contribution in [0.4, 0.5) is 0 Å². The van der Waals surface area contributed by atoms with Crippen LogP contribution < -0.4 is 0 Å². The molecule has 2 rings (SSSR count). The Labute approximate surface area is 104 Å². The quantitative estimate of drug-likeness (QED) is 0.795. The summed E-state index contributed by atoms with van der Waals surface area (Å²) in [5.41, 5.74) is 1.26. The van der Waals surface area contributed by atoms with Crippen LogP contribution in [0.1, 0.15) is 5.69 Å². The lowest BCUT2D eigenvalue weighted by Gasteiger charge is -1.94. The Hall–Kier alpha value is -0.890. The summed E-state index contributed by atoms with van der Waals surface area (Å²) in [5.74, 6) is 0. The van der Waals surface area contributed by atoms with Crippen molar-refractivity contribution in [2.45, 2.75) is 0 Å². The number of nitrogens with zero attached hydrogens (tertiary/aromatic N) is 2. The predicted molar refractivity (Wildman–Crippen MR) is 65.0 cm³/mol. The molecule has 2 aromatic rings. The van der Waals surface area contributed by atoms with E-state index in [1.54, 1.807) is 0 Å². The minimum absolute atomic E-state index is 0.291. The molecule has 1 aromatic heterocycles. The maximum atomic E-state index is 8.73. The summed E-state index contributed by atoms with van der Waals surface area (Å²) < 4.78 is 1.45. The summed E-state index contributed by atoms with van der Waals surface area (Å²) >= 11 is 10.5. The third-order valence-electron chi connectivity index (χ3n) is 1.78. The molecule has 1 heterocycles. The molecule has 0 atom stereocenters. The molecule has 0 bridgehead atoms. The van der Waals surface area contributed by atoms with Crippen molar-refractivity contribution in [1.82, 2.24) is 4.98 Å². The number of rotatable bonds is 1. The van der Waals surface area contributed by atoms with Crippen LogP contribution >= 0.6 is 38.9 Å². The Balaban J connectivity index is 2.46. The molecule has 0 spiro atoms. The molecular formula is C10H4BrClN2S. The number of halogens is 2. The van der Waals surface area contributed by atoms with Crippen LogP contribution in [-0.2, 0) is 0 Å². The molecule has 0 amide bonds. The Morgan fingerprint density at radius 3 is 2.53 bits per heavy atom. The molecule has 0 saturated carbocycles. The van der Waals surface area contributed by atoms with E-state index in [0.29, 0.717) is 10.0 Å². The van der Waals surface area contributed by atoms with Crippen LogP contribution in [0.3, 0.4) is 0 Å². The first kappa shape index (κ1) is 10.6. The van der Waals surface area contributed by atoms with Crippen molar-refractivity contribution < 1.29 is 0 Å². The molecule has 1 aromatic carbocycles. The van der Waals surface area contributed by atoms with Gasteiger partial charge in [-0.2, -0.15) is 5.26 Å². The smallest absolute Gasteiger partial charge is 0.170 e. The second kappa shape index (κ2) is 4.31. The third kappa shape index (κ3) is 2.20. The summed E-state index contributed by atoms with van der Waals surface area (Å²) in [6, 6.07) is 9.67. The van der Waals surface area contributed by atoms with E-state index in [-0.39, 0.29) is 0 Å². The van der Waals surface area contributed by atoms with Crippen LogP contribution in [0.5, 0.6) is 0 Å². The van der Waals surface area contributed by atoms with Crippen molar-refractivity contribution in [3.05, 3.63) is 38.8 Å². The van der Waals surface area contributed by atoms with Gasteiger partial charge in [0.15, 0.2) is 5.69 Å². The molecule has 0 radical (unpaired) electrons. The van der Waals surface area contributed by atoms with Gasteiger partial charge in [-0.3, -0.25) is 0 Å². The second-order valence-electron chi connectivity index (χ2n) is 2.76. The predicted octanol–water partition coefficient (Wildman–Crippen LogP) is 4.10. The first-order valence-corrected chi connectivity index (χ1v) is 6.02. The average Bonchev–Trinajstić information content (AvgIpc) is 2.61. The highest BCUT2D eigenvalue weighted by Gasteiger charge is 2.09. The lowest BCUT2D eigenvalue weighted by Crippen LogP contribution is -1.77. The van der Waals surface area contributed by atoms with E-state index in [4.69, 9.17) is 16.9 Å². The zero-order valence-electron chi connectivity index (χ0n) is 7.37. The molecule has 0 aliphatic carbocycles. The van der Waals surface area contributed by atoms with Gasteiger partial charge in [-0.05, 0) is 12.1 Å². The summed E-state index contributed by atoms with van der Waals surface area (Å²) in [4.78, 5) is 4.14. The summed E-state index contributed by atoms with van der Waals surface area (Å²) in [6.07, 6.45) is 0.